The highest BCUT2D eigenvalue weighted by atomic mass is 32.2. The maximum absolute atomic E-state index is 13.0. The van der Waals surface area contributed by atoms with Gasteiger partial charge < -0.3 is 0 Å². The van der Waals surface area contributed by atoms with E-state index in [0.29, 0.717) is 23.2 Å². The van der Waals surface area contributed by atoms with Gasteiger partial charge in [-0.15, -0.1) is 10.2 Å². The molecule has 1 aliphatic carbocycles. The summed E-state index contributed by atoms with van der Waals surface area (Å²) in [6, 6.07) is 6.17. The highest BCUT2D eigenvalue weighted by Gasteiger charge is 2.31. The van der Waals surface area contributed by atoms with Crippen molar-refractivity contribution in [1.29, 1.82) is 0 Å². The molecule has 0 bridgehead atoms. The van der Waals surface area contributed by atoms with Crippen LogP contribution in [0, 0.1) is 0 Å². The van der Waals surface area contributed by atoms with E-state index in [0.717, 1.165) is 37.1 Å². The Balaban J connectivity index is 1.53. The molecule has 0 radical (unpaired) electrons. The monoisotopic (exact) mass is 406 g/mol. The van der Waals surface area contributed by atoms with Crippen LogP contribution in [0.4, 0.5) is 5.13 Å². The lowest BCUT2D eigenvalue weighted by atomic mass is 10.1. The van der Waals surface area contributed by atoms with Gasteiger partial charge in [-0.25, -0.2) is 8.42 Å². The molecule has 2 aliphatic rings. The fourth-order valence-electron chi connectivity index (χ4n) is 3.31. The molecule has 0 spiro atoms. The number of rotatable bonds is 5. The number of piperidine rings is 1. The molecule has 1 N–H and O–H groups in total. The number of carbonyl (C=O) groups is 1. The molecule has 27 heavy (non-hydrogen) atoms. The predicted molar refractivity (Wildman–Crippen MR) is 103 cm³/mol. The Morgan fingerprint density at radius 1 is 1.22 bits per heavy atom. The van der Waals surface area contributed by atoms with Gasteiger partial charge in [-0.1, -0.05) is 23.8 Å². The first kappa shape index (κ1) is 18.5. The Labute approximate surface area is 162 Å². The van der Waals surface area contributed by atoms with Gasteiger partial charge in [-0.05, 0) is 50.8 Å². The maximum atomic E-state index is 13.0. The lowest BCUT2D eigenvalue weighted by Gasteiger charge is -2.32. The molecule has 1 saturated carbocycles. The number of amides is 1. The Bertz CT molecular complexity index is 953. The van der Waals surface area contributed by atoms with Crippen molar-refractivity contribution in [2.45, 2.75) is 55.9 Å². The molecule has 9 heteroatoms. The molecule has 1 amide bonds. The molecule has 1 aliphatic heterocycles. The van der Waals surface area contributed by atoms with E-state index in [4.69, 9.17) is 0 Å². The second-order valence-corrected chi connectivity index (χ2v) is 10.1. The molecule has 1 atom stereocenters. The van der Waals surface area contributed by atoms with Gasteiger partial charge in [0.1, 0.15) is 5.01 Å². The Kier molecular flexibility index (Phi) is 5.00. The van der Waals surface area contributed by atoms with Crippen molar-refractivity contribution in [2.75, 3.05) is 11.9 Å². The van der Waals surface area contributed by atoms with Crippen LogP contribution in [-0.2, 0) is 10.0 Å². The van der Waals surface area contributed by atoms with E-state index in [1.54, 1.807) is 22.5 Å². The topological polar surface area (TPSA) is 92.3 Å². The van der Waals surface area contributed by atoms with Gasteiger partial charge in [-0.3, -0.25) is 10.1 Å². The maximum Gasteiger partial charge on any atom is 0.257 e. The van der Waals surface area contributed by atoms with Crippen LogP contribution < -0.4 is 5.32 Å². The molecule has 1 saturated heterocycles. The lowest BCUT2D eigenvalue weighted by Crippen LogP contribution is -2.41. The first-order valence-electron chi connectivity index (χ1n) is 9.22. The summed E-state index contributed by atoms with van der Waals surface area (Å²) in [6.45, 7) is 2.45. The van der Waals surface area contributed by atoms with Gasteiger partial charge in [0.2, 0.25) is 15.2 Å². The van der Waals surface area contributed by atoms with E-state index in [-0.39, 0.29) is 16.8 Å². The van der Waals surface area contributed by atoms with Crippen LogP contribution in [0.5, 0.6) is 0 Å². The van der Waals surface area contributed by atoms with Crippen LogP contribution in [0.1, 0.15) is 60.3 Å². The Hall–Kier alpha value is -1.84. The molecule has 2 heterocycles. The van der Waals surface area contributed by atoms with Crippen molar-refractivity contribution in [2.24, 2.45) is 0 Å². The average molecular weight is 407 g/mol. The molecule has 2 aromatic rings. The number of nitrogens with zero attached hydrogens (tertiary/aromatic N) is 3. The summed E-state index contributed by atoms with van der Waals surface area (Å²) in [5.41, 5.74) is 0.295. The Morgan fingerprint density at radius 2 is 2.04 bits per heavy atom. The second-order valence-electron chi connectivity index (χ2n) is 7.16. The number of benzene rings is 1. The van der Waals surface area contributed by atoms with Crippen molar-refractivity contribution >= 4 is 32.4 Å². The van der Waals surface area contributed by atoms with Gasteiger partial charge in [-0.2, -0.15) is 4.31 Å². The van der Waals surface area contributed by atoms with Gasteiger partial charge in [0.05, 0.1) is 4.90 Å². The molecule has 2 fully saturated rings. The van der Waals surface area contributed by atoms with Crippen molar-refractivity contribution in [3.8, 4) is 0 Å². The van der Waals surface area contributed by atoms with Gasteiger partial charge >= 0.3 is 0 Å². The van der Waals surface area contributed by atoms with Crippen LogP contribution in [0.3, 0.4) is 0 Å². The number of sulfonamides is 1. The summed E-state index contributed by atoms with van der Waals surface area (Å²) in [5, 5.41) is 12.2. The average Bonchev–Trinajstić information content (AvgIpc) is 3.41. The number of carbonyl (C=O) groups excluding carboxylic acids is 1. The van der Waals surface area contributed by atoms with Crippen LogP contribution in [0.25, 0.3) is 0 Å². The third-order valence-electron chi connectivity index (χ3n) is 5.03. The van der Waals surface area contributed by atoms with Crippen LogP contribution in [-0.4, -0.2) is 41.4 Å². The first-order chi connectivity index (χ1) is 12.9. The van der Waals surface area contributed by atoms with E-state index in [2.05, 4.69) is 15.5 Å². The highest BCUT2D eigenvalue weighted by Crippen LogP contribution is 2.42. The summed E-state index contributed by atoms with van der Waals surface area (Å²) in [5.74, 6) is 0.102. The number of aromatic nitrogens is 2. The summed E-state index contributed by atoms with van der Waals surface area (Å²) >= 11 is 1.38. The molecular formula is C18H22N4O3S2. The quantitative estimate of drug-likeness (QED) is 0.823. The van der Waals surface area contributed by atoms with Crippen molar-refractivity contribution in [3.63, 3.8) is 0 Å². The van der Waals surface area contributed by atoms with Crippen molar-refractivity contribution in [3.05, 3.63) is 34.8 Å². The minimum absolute atomic E-state index is 0.0246. The Morgan fingerprint density at radius 3 is 2.78 bits per heavy atom. The fourth-order valence-corrected chi connectivity index (χ4v) is 5.97. The highest BCUT2D eigenvalue weighted by molar-refractivity contribution is 7.89. The van der Waals surface area contributed by atoms with Gasteiger partial charge in [0, 0.05) is 24.1 Å². The molecule has 144 valence electrons. The number of hydrogen-bond acceptors (Lipinski definition) is 6. The zero-order chi connectivity index (χ0) is 19.0. The lowest BCUT2D eigenvalue weighted by molar-refractivity contribution is 0.102. The second kappa shape index (κ2) is 7.29. The third kappa shape index (κ3) is 3.90. The molecular weight excluding hydrogens is 384 g/mol. The molecule has 1 unspecified atom stereocenters. The van der Waals surface area contributed by atoms with E-state index < -0.39 is 10.0 Å². The smallest absolute Gasteiger partial charge is 0.257 e. The normalized spacial score (nSPS) is 21.1. The van der Waals surface area contributed by atoms with E-state index in [9.17, 15) is 13.2 Å². The summed E-state index contributed by atoms with van der Waals surface area (Å²) in [7, 11) is -3.61. The van der Waals surface area contributed by atoms with Gasteiger partial charge in [0.25, 0.3) is 5.91 Å². The minimum Gasteiger partial charge on any atom is -0.296 e. The summed E-state index contributed by atoms with van der Waals surface area (Å²) < 4.78 is 27.5. The molecule has 1 aromatic carbocycles. The summed E-state index contributed by atoms with van der Waals surface area (Å²) in [4.78, 5) is 12.7. The number of nitrogens with one attached hydrogen (secondary N) is 1. The largest absolute Gasteiger partial charge is 0.296 e. The molecule has 1 aromatic heterocycles. The summed E-state index contributed by atoms with van der Waals surface area (Å²) in [6.07, 6.45) is 5.01. The third-order valence-corrected chi connectivity index (χ3v) is 8.04. The number of anilines is 1. The standard InChI is InChI=1S/C18H22N4O3S2/c1-12-5-2-3-10-22(12)27(24,25)15-7-4-6-14(11-15)16(23)19-18-21-20-17(26-18)13-8-9-13/h4,6-7,11-13H,2-3,5,8-10H2,1H3,(H,19,21,23). The van der Waals surface area contributed by atoms with Crippen LogP contribution in [0.2, 0.25) is 0 Å². The molecule has 4 rings (SSSR count). The van der Waals surface area contributed by atoms with Crippen LogP contribution >= 0.6 is 11.3 Å². The van der Waals surface area contributed by atoms with E-state index >= 15 is 0 Å². The number of hydrogen-bond donors (Lipinski definition) is 1. The zero-order valence-corrected chi connectivity index (χ0v) is 16.7. The molecule has 7 nitrogen and oxygen atoms in total. The van der Waals surface area contributed by atoms with Crippen LogP contribution in [0.15, 0.2) is 29.2 Å². The zero-order valence-electron chi connectivity index (χ0n) is 15.1. The predicted octanol–water partition coefficient (Wildman–Crippen LogP) is 3.23. The van der Waals surface area contributed by atoms with Crippen molar-refractivity contribution in [1.82, 2.24) is 14.5 Å². The minimum atomic E-state index is -3.61. The van der Waals surface area contributed by atoms with Gasteiger partial charge in [0.15, 0.2) is 0 Å². The van der Waals surface area contributed by atoms with E-state index in [1.807, 2.05) is 6.92 Å². The van der Waals surface area contributed by atoms with E-state index in [1.165, 1.54) is 17.4 Å². The first-order valence-corrected chi connectivity index (χ1v) is 11.5. The fraction of sp³-hybridized carbons (Fsp3) is 0.500. The SMILES string of the molecule is CC1CCCCN1S(=O)(=O)c1cccc(C(=O)Nc2nnc(C3CC3)s2)c1. The van der Waals surface area contributed by atoms with Crippen molar-refractivity contribution < 1.29 is 13.2 Å².